The second-order valence-electron chi connectivity index (χ2n) is 3.14. The lowest BCUT2D eigenvalue weighted by Gasteiger charge is -2.10. The van der Waals surface area contributed by atoms with Gasteiger partial charge in [-0.05, 0) is 12.5 Å². The quantitative estimate of drug-likeness (QED) is 0.791. The molecular formula is C11H15N3O. The fraction of sp³-hybridized carbons (Fsp3) is 0.455. The Morgan fingerprint density at radius 2 is 2.47 bits per heavy atom. The number of methoxy groups -OCH3 is 1. The molecule has 0 fully saturated rings. The molecule has 4 nitrogen and oxygen atoms in total. The highest BCUT2D eigenvalue weighted by Crippen LogP contribution is 2.13. The van der Waals surface area contributed by atoms with Crippen molar-refractivity contribution in [3.05, 3.63) is 23.9 Å². The number of nitriles is 1. The molecule has 0 spiro atoms. The van der Waals surface area contributed by atoms with Gasteiger partial charge in [0.1, 0.15) is 0 Å². The Morgan fingerprint density at radius 1 is 1.67 bits per heavy atom. The maximum absolute atomic E-state index is 8.77. The third-order valence-electron chi connectivity index (χ3n) is 2.15. The van der Waals surface area contributed by atoms with Gasteiger partial charge in [-0.3, -0.25) is 5.32 Å². The number of hydrogen-bond donors (Lipinski definition) is 1. The molecule has 0 aliphatic rings. The van der Waals surface area contributed by atoms with E-state index in [0.717, 1.165) is 12.0 Å². The largest absolute Gasteiger partial charge is 0.481 e. The summed E-state index contributed by atoms with van der Waals surface area (Å²) in [4.78, 5) is 4.08. The molecule has 0 saturated heterocycles. The van der Waals surface area contributed by atoms with Crippen LogP contribution in [0.4, 0.5) is 0 Å². The standard InChI is InChI=1S/C11H15N3O/c1-3-10(7-12)14-8-9-5-4-6-13-11(9)15-2/h4-6,10,14H,3,8H2,1-2H3. The summed E-state index contributed by atoms with van der Waals surface area (Å²) in [6.07, 6.45) is 2.48. The van der Waals surface area contributed by atoms with E-state index in [1.165, 1.54) is 0 Å². The van der Waals surface area contributed by atoms with Gasteiger partial charge in [0, 0.05) is 18.3 Å². The lowest BCUT2D eigenvalue weighted by Crippen LogP contribution is -2.26. The van der Waals surface area contributed by atoms with Gasteiger partial charge in [-0.25, -0.2) is 4.98 Å². The first-order valence-electron chi connectivity index (χ1n) is 4.92. The fourth-order valence-corrected chi connectivity index (χ4v) is 1.26. The van der Waals surface area contributed by atoms with Crippen LogP contribution in [0.25, 0.3) is 0 Å². The number of aromatic nitrogens is 1. The van der Waals surface area contributed by atoms with E-state index in [4.69, 9.17) is 10.00 Å². The highest BCUT2D eigenvalue weighted by molar-refractivity contribution is 5.25. The number of rotatable bonds is 5. The van der Waals surface area contributed by atoms with Crippen LogP contribution in [-0.4, -0.2) is 18.1 Å². The van der Waals surface area contributed by atoms with Crippen LogP contribution in [0.1, 0.15) is 18.9 Å². The van der Waals surface area contributed by atoms with Crippen molar-refractivity contribution in [3.63, 3.8) is 0 Å². The highest BCUT2D eigenvalue weighted by Gasteiger charge is 2.06. The number of nitrogens with zero attached hydrogens (tertiary/aromatic N) is 2. The Balaban J connectivity index is 2.61. The average molecular weight is 205 g/mol. The van der Waals surface area contributed by atoms with Crippen LogP contribution in [0.5, 0.6) is 5.88 Å². The summed E-state index contributed by atoms with van der Waals surface area (Å²) in [6.45, 7) is 2.57. The molecule has 0 saturated carbocycles. The molecule has 1 atom stereocenters. The molecule has 0 aromatic carbocycles. The molecule has 15 heavy (non-hydrogen) atoms. The van der Waals surface area contributed by atoms with Gasteiger partial charge in [-0.1, -0.05) is 13.0 Å². The lowest BCUT2D eigenvalue weighted by molar-refractivity contribution is 0.389. The first-order chi connectivity index (χ1) is 7.31. The van der Waals surface area contributed by atoms with Crippen molar-refractivity contribution >= 4 is 0 Å². The lowest BCUT2D eigenvalue weighted by atomic mass is 10.2. The Morgan fingerprint density at radius 3 is 3.07 bits per heavy atom. The van der Waals surface area contributed by atoms with Crippen LogP contribution < -0.4 is 10.1 Å². The Labute approximate surface area is 89.9 Å². The van der Waals surface area contributed by atoms with Gasteiger partial charge in [0.15, 0.2) is 0 Å². The Kier molecular flexibility index (Phi) is 4.58. The zero-order chi connectivity index (χ0) is 11.1. The predicted octanol–water partition coefficient (Wildman–Crippen LogP) is 1.48. The number of pyridine rings is 1. The average Bonchev–Trinajstić information content (AvgIpc) is 2.31. The number of ether oxygens (including phenoxy) is 1. The molecule has 1 rings (SSSR count). The van der Waals surface area contributed by atoms with E-state index >= 15 is 0 Å². The molecule has 1 unspecified atom stereocenters. The third-order valence-corrected chi connectivity index (χ3v) is 2.15. The van der Waals surface area contributed by atoms with Crippen molar-refractivity contribution in [2.45, 2.75) is 25.9 Å². The van der Waals surface area contributed by atoms with Gasteiger partial charge in [0.05, 0.1) is 19.2 Å². The summed E-state index contributed by atoms with van der Waals surface area (Å²) in [5, 5.41) is 11.9. The molecule has 0 amide bonds. The van der Waals surface area contributed by atoms with E-state index in [-0.39, 0.29) is 6.04 Å². The molecule has 1 heterocycles. The summed E-state index contributed by atoms with van der Waals surface area (Å²) in [7, 11) is 1.59. The SMILES string of the molecule is CCC(C#N)NCc1cccnc1OC. The van der Waals surface area contributed by atoms with Crippen molar-refractivity contribution in [2.75, 3.05) is 7.11 Å². The molecule has 1 N–H and O–H groups in total. The summed E-state index contributed by atoms with van der Waals surface area (Å²) in [5.41, 5.74) is 0.966. The second kappa shape index (κ2) is 5.99. The normalized spacial score (nSPS) is 11.8. The molecule has 4 heteroatoms. The van der Waals surface area contributed by atoms with Crippen LogP contribution in [0.2, 0.25) is 0 Å². The highest BCUT2D eigenvalue weighted by atomic mass is 16.5. The Bertz CT molecular complexity index is 346. The third kappa shape index (κ3) is 3.22. The first-order valence-corrected chi connectivity index (χ1v) is 4.92. The zero-order valence-corrected chi connectivity index (χ0v) is 9.03. The number of hydrogen-bond acceptors (Lipinski definition) is 4. The molecule has 0 bridgehead atoms. The summed E-state index contributed by atoms with van der Waals surface area (Å²) in [6, 6.07) is 5.86. The molecule has 1 aromatic rings. The monoisotopic (exact) mass is 205 g/mol. The van der Waals surface area contributed by atoms with Gasteiger partial charge >= 0.3 is 0 Å². The second-order valence-corrected chi connectivity index (χ2v) is 3.14. The van der Waals surface area contributed by atoms with Gasteiger partial charge in [0.25, 0.3) is 0 Å². The van der Waals surface area contributed by atoms with Crippen LogP contribution >= 0.6 is 0 Å². The first kappa shape index (κ1) is 11.5. The smallest absolute Gasteiger partial charge is 0.217 e. The molecular weight excluding hydrogens is 190 g/mol. The van der Waals surface area contributed by atoms with E-state index < -0.39 is 0 Å². The van der Waals surface area contributed by atoms with Crippen molar-refractivity contribution in [1.82, 2.24) is 10.3 Å². The Hall–Kier alpha value is -1.60. The zero-order valence-electron chi connectivity index (χ0n) is 9.03. The molecule has 0 radical (unpaired) electrons. The van der Waals surface area contributed by atoms with Gasteiger partial charge in [-0.15, -0.1) is 0 Å². The van der Waals surface area contributed by atoms with Crippen LogP contribution in [0, 0.1) is 11.3 Å². The molecule has 1 aromatic heterocycles. The molecule has 0 aliphatic heterocycles. The minimum absolute atomic E-state index is 0.116. The van der Waals surface area contributed by atoms with Crippen molar-refractivity contribution in [2.24, 2.45) is 0 Å². The predicted molar refractivity (Wildman–Crippen MR) is 57.3 cm³/mol. The maximum atomic E-state index is 8.77. The van der Waals surface area contributed by atoms with Crippen LogP contribution in [0.3, 0.4) is 0 Å². The van der Waals surface area contributed by atoms with Crippen LogP contribution in [-0.2, 0) is 6.54 Å². The van der Waals surface area contributed by atoms with Crippen molar-refractivity contribution in [3.8, 4) is 11.9 Å². The van der Waals surface area contributed by atoms with Gasteiger partial charge < -0.3 is 4.74 Å². The van der Waals surface area contributed by atoms with E-state index in [9.17, 15) is 0 Å². The summed E-state index contributed by atoms with van der Waals surface area (Å²) in [5.74, 6) is 0.609. The molecule has 0 aliphatic carbocycles. The van der Waals surface area contributed by atoms with Crippen LogP contribution in [0.15, 0.2) is 18.3 Å². The van der Waals surface area contributed by atoms with Gasteiger partial charge in [-0.2, -0.15) is 5.26 Å². The fourth-order valence-electron chi connectivity index (χ4n) is 1.26. The summed E-state index contributed by atoms with van der Waals surface area (Å²) < 4.78 is 5.11. The van der Waals surface area contributed by atoms with E-state index in [0.29, 0.717) is 12.4 Å². The van der Waals surface area contributed by atoms with E-state index in [2.05, 4.69) is 16.4 Å². The minimum atomic E-state index is -0.116. The minimum Gasteiger partial charge on any atom is -0.481 e. The van der Waals surface area contributed by atoms with E-state index in [1.54, 1.807) is 13.3 Å². The van der Waals surface area contributed by atoms with E-state index in [1.807, 2.05) is 19.1 Å². The van der Waals surface area contributed by atoms with Gasteiger partial charge in [0.2, 0.25) is 5.88 Å². The van der Waals surface area contributed by atoms with Crippen molar-refractivity contribution < 1.29 is 4.74 Å². The molecule has 80 valence electrons. The van der Waals surface area contributed by atoms with Crippen molar-refractivity contribution in [1.29, 1.82) is 5.26 Å². The topological polar surface area (TPSA) is 57.9 Å². The number of nitrogens with one attached hydrogen (secondary N) is 1. The maximum Gasteiger partial charge on any atom is 0.217 e. The summed E-state index contributed by atoms with van der Waals surface area (Å²) >= 11 is 0.